The predicted octanol–water partition coefficient (Wildman–Crippen LogP) is 1.90. The number of likely N-dealkylation sites (N-methyl/N-ethyl adjacent to an activating group) is 1. The fourth-order valence-corrected chi connectivity index (χ4v) is 1.94. The zero-order chi connectivity index (χ0) is 11.1. The fraction of sp³-hybridized carbons (Fsp3) is 0.455. The third-order valence-electron chi connectivity index (χ3n) is 2.16. The highest BCUT2D eigenvalue weighted by Crippen LogP contribution is 2.04. The Morgan fingerprint density at radius 2 is 2.40 bits per heavy atom. The first-order chi connectivity index (χ1) is 7.27. The van der Waals surface area contributed by atoms with Crippen LogP contribution in [0.4, 0.5) is 0 Å². The average Bonchev–Trinajstić information content (AvgIpc) is 2.29. The lowest BCUT2D eigenvalue weighted by atomic mass is 10.2. The zero-order valence-corrected chi connectivity index (χ0v) is 10.3. The van der Waals surface area contributed by atoms with Gasteiger partial charge < -0.3 is 4.90 Å². The summed E-state index contributed by atoms with van der Waals surface area (Å²) < 4.78 is 0. The topological polar surface area (TPSA) is 28.5 Å². The normalized spacial score (nSPS) is 11.5. The minimum atomic E-state index is 0.971. The van der Waals surface area contributed by atoms with Crippen molar-refractivity contribution in [1.82, 2.24) is 9.88 Å². The fourth-order valence-electron chi connectivity index (χ4n) is 1.36. The molecule has 0 saturated carbocycles. The molecule has 1 aromatic heterocycles. The number of rotatable bonds is 3. The van der Waals surface area contributed by atoms with Gasteiger partial charge in [-0.05, 0) is 24.3 Å². The van der Waals surface area contributed by atoms with Gasteiger partial charge in [-0.3, -0.25) is 9.98 Å². The van der Waals surface area contributed by atoms with E-state index in [0.717, 1.165) is 18.1 Å². The van der Waals surface area contributed by atoms with Crippen molar-refractivity contribution in [2.75, 3.05) is 26.9 Å². The first-order valence-electron chi connectivity index (χ1n) is 4.88. The van der Waals surface area contributed by atoms with E-state index in [1.807, 2.05) is 25.6 Å². The number of aromatic nitrogens is 1. The van der Waals surface area contributed by atoms with Gasteiger partial charge in [0, 0.05) is 33.0 Å². The van der Waals surface area contributed by atoms with Gasteiger partial charge in [0.05, 0.1) is 0 Å². The van der Waals surface area contributed by atoms with Crippen molar-refractivity contribution in [1.29, 1.82) is 0 Å². The molecule has 4 heteroatoms. The number of hydrogen-bond acceptors (Lipinski definition) is 3. The second-order valence-electron chi connectivity index (χ2n) is 3.24. The van der Waals surface area contributed by atoms with Crippen molar-refractivity contribution in [2.45, 2.75) is 6.42 Å². The van der Waals surface area contributed by atoms with Crippen LogP contribution in [0.5, 0.6) is 0 Å². The Balaban J connectivity index is 2.44. The molecule has 15 heavy (non-hydrogen) atoms. The molecular formula is C11H17N3S. The molecule has 0 saturated heterocycles. The zero-order valence-electron chi connectivity index (χ0n) is 9.47. The summed E-state index contributed by atoms with van der Waals surface area (Å²) in [6.07, 6.45) is 6.76. The molecule has 0 aliphatic carbocycles. The van der Waals surface area contributed by atoms with Crippen molar-refractivity contribution < 1.29 is 0 Å². The summed E-state index contributed by atoms with van der Waals surface area (Å²) >= 11 is 1.67. The SMILES string of the molecule is CN=C(SC)N(C)CCc1cccnc1. The monoisotopic (exact) mass is 223 g/mol. The van der Waals surface area contributed by atoms with Crippen LogP contribution in [0.25, 0.3) is 0 Å². The van der Waals surface area contributed by atoms with Gasteiger partial charge in [-0.1, -0.05) is 17.8 Å². The van der Waals surface area contributed by atoms with Gasteiger partial charge >= 0.3 is 0 Å². The minimum Gasteiger partial charge on any atom is -0.354 e. The highest BCUT2D eigenvalue weighted by molar-refractivity contribution is 8.13. The smallest absolute Gasteiger partial charge is 0.158 e. The van der Waals surface area contributed by atoms with Gasteiger partial charge in [0.1, 0.15) is 0 Å². The minimum absolute atomic E-state index is 0.971. The van der Waals surface area contributed by atoms with Crippen molar-refractivity contribution in [2.24, 2.45) is 4.99 Å². The lowest BCUT2D eigenvalue weighted by Gasteiger charge is -2.19. The van der Waals surface area contributed by atoms with E-state index in [-0.39, 0.29) is 0 Å². The summed E-state index contributed by atoms with van der Waals surface area (Å²) in [5.41, 5.74) is 1.26. The van der Waals surface area contributed by atoms with Crippen LogP contribution in [-0.2, 0) is 6.42 Å². The van der Waals surface area contributed by atoms with Crippen LogP contribution in [0.1, 0.15) is 5.56 Å². The molecule has 0 spiro atoms. The van der Waals surface area contributed by atoms with E-state index in [1.54, 1.807) is 18.0 Å². The van der Waals surface area contributed by atoms with Crippen molar-refractivity contribution in [3.63, 3.8) is 0 Å². The van der Waals surface area contributed by atoms with E-state index < -0.39 is 0 Å². The molecule has 0 N–H and O–H groups in total. The van der Waals surface area contributed by atoms with E-state index in [2.05, 4.69) is 28.0 Å². The molecule has 0 aromatic carbocycles. The van der Waals surface area contributed by atoms with Crippen molar-refractivity contribution in [3.05, 3.63) is 30.1 Å². The first-order valence-corrected chi connectivity index (χ1v) is 6.11. The van der Waals surface area contributed by atoms with Crippen LogP contribution in [0.2, 0.25) is 0 Å². The summed E-state index contributed by atoms with van der Waals surface area (Å²) in [7, 11) is 3.89. The van der Waals surface area contributed by atoms with Gasteiger partial charge in [0.15, 0.2) is 5.17 Å². The molecule has 0 aliphatic heterocycles. The van der Waals surface area contributed by atoms with Crippen LogP contribution < -0.4 is 0 Å². The summed E-state index contributed by atoms with van der Waals surface area (Å²) in [4.78, 5) is 10.5. The Hall–Kier alpha value is -1.03. The van der Waals surface area contributed by atoms with E-state index in [0.29, 0.717) is 0 Å². The highest BCUT2D eigenvalue weighted by atomic mass is 32.2. The Morgan fingerprint density at radius 1 is 1.60 bits per heavy atom. The number of hydrogen-bond donors (Lipinski definition) is 0. The van der Waals surface area contributed by atoms with Crippen LogP contribution in [0.15, 0.2) is 29.5 Å². The van der Waals surface area contributed by atoms with Crippen molar-refractivity contribution >= 4 is 16.9 Å². The molecule has 0 radical (unpaired) electrons. The van der Waals surface area contributed by atoms with Crippen LogP contribution in [-0.4, -0.2) is 41.9 Å². The average molecular weight is 223 g/mol. The maximum absolute atomic E-state index is 4.21. The molecule has 3 nitrogen and oxygen atoms in total. The molecule has 1 rings (SSSR count). The molecule has 0 bridgehead atoms. The summed E-state index contributed by atoms with van der Waals surface area (Å²) in [6.45, 7) is 0.971. The maximum Gasteiger partial charge on any atom is 0.158 e. The number of nitrogens with zero attached hydrogens (tertiary/aromatic N) is 3. The molecule has 1 aromatic rings. The molecule has 0 aliphatic rings. The second kappa shape index (κ2) is 6.45. The third kappa shape index (κ3) is 3.91. The van der Waals surface area contributed by atoms with Crippen LogP contribution in [0.3, 0.4) is 0 Å². The standard InChI is InChI=1S/C11H17N3S/c1-12-11(15-3)14(2)8-6-10-5-4-7-13-9-10/h4-5,7,9H,6,8H2,1-3H3. The maximum atomic E-state index is 4.21. The van der Waals surface area contributed by atoms with Crippen LogP contribution in [0, 0.1) is 0 Å². The number of pyridine rings is 1. The Morgan fingerprint density at radius 3 is 2.93 bits per heavy atom. The van der Waals surface area contributed by atoms with Gasteiger partial charge in [-0.15, -0.1) is 0 Å². The second-order valence-corrected chi connectivity index (χ2v) is 4.02. The molecule has 82 valence electrons. The number of amidine groups is 1. The van der Waals surface area contributed by atoms with E-state index in [4.69, 9.17) is 0 Å². The summed E-state index contributed by atoms with van der Waals surface area (Å²) in [5, 5.41) is 1.07. The van der Waals surface area contributed by atoms with E-state index in [1.165, 1.54) is 5.56 Å². The van der Waals surface area contributed by atoms with Gasteiger partial charge in [-0.25, -0.2) is 0 Å². The molecule has 1 heterocycles. The quantitative estimate of drug-likeness (QED) is 0.579. The van der Waals surface area contributed by atoms with Crippen LogP contribution >= 0.6 is 11.8 Å². The first kappa shape index (κ1) is 12.0. The molecule has 0 unspecified atom stereocenters. The Labute approximate surface area is 95.6 Å². The largest absolute Gasteiger partial charge is 0.354 e. The lowest BCUT2D eigenvalue weighted by molar-refractivity contribution is 0.517. The van der Waals surface area contributed by atoms with Gasteiger partial charge in [-0.2, -0.15) is 0 Å². The van der Waals surface area contributed by atoms with Gasteiger partial charge in [0.25, 0.3) is 0 Å². The molecule has 0 fully saturated rings. The number of thioether (sulfide) groups is 1. The summed E-state index contributed by atoms with van der Waals surface area (Å²) in [5.74, 6) is 0. The molecular weight excluding hydrogens is 206 g/mol. The van der Waals surface area contributed by atoms with E-state index in [9.17, 15) is 0 Å². The van der Waals surface area contributed by atoms with Gasteiger partial charge in [0.2, 0.25) is 0 Å². The lowest BCUT2D eigenvalue weighted by Crippen LogP contribution is -2.26. The number of aliphatic imine (C=N–C) groups is 1. The predicted molar refractivity (Wildman–Crippen MR) is 67.4 cm³/mol. The highest BCUT2D eigenvalue weighted by Gasteiger charge is 2.03. The molecule has 0 amide bonds. The third-order valence-corrected chi connectivity index (χ3v) is 3.02. The molecule has 0 atom stereocenters. The summed E-state index contributed by atoms with van der Waals surface area (Å²) in [6, 6.07) is 4.07. The van der Waals surface area contributed by atoms with Crippen molar-refractivity contribution in [3.8, 4) is 0 Å². The Bertz CT molecular complexity index is 311. The Kier molecular flexibility index (Phi) is 5.18. The van der Waals surface area contributed by atoms with E-state index >= 15 is 0 Å².